The van der Waals surface area contributed by atoms with E-state index in [1.54, 1.807) is 7.11 Å². The van der Waals surface area contributed by atoms with E-state index >= 15 is 0 Å². The van der Waals surface area contributed by atoms with E-state index in [4.69, 9.17) is 23.8 Å². The van der Waals surface area contributed by atoms with Gasteiger partial charge in [0.1, 0.15) is 5.75 Å². The van der Waals surface area contributed by atoms with Gasteiger partial charge in [-0.25, -0.2) is 4.79 Å². The molecule has 0 radical (unpaired) electrons. The minimum Gasteiger partial charge on any atom is -0.496 e. The molecule has 0 spiro atoms. The first kappa shape index (κ1) is 20.0. The quantitative estimate of drug-likeness (QED) is 0.490. The molecule has 2 aromatic rings. The fraction of sp³-hybridized carbons (Fsp3) is 0.300. The number of fused-ring (bicyclic) bond motifs is 1. The molecule has 3 rings (SSSR count). The SMILES string of the molecule is COc1cc(C(=O)O/N=C2/CCc3c(Br)ccc(OC)c32)cc(OC)c1OC. The van der Waals surface area contributed by atoms with E-state index in [-0.39, 0.29) is 5.56 Å². The molecule has 0 amide bonds. The lowest BCUT2D eigenvalue weighted by atomic mass is 10.1. The summed E-state index contributed by atoms with van der Waals surface area (Å²) in [6.07, 6.45) is 1.44. The summed E-state index contributed by atoms with van der Waals surface area (Å²) in [7, 11) is 6.05. The average molecular weight is 450 g/mol. The van der Waals surface area contributed by atoms with Gasteiger partial charge >= 0.3 is 5.97 Å². The Morgan fingerprint density at radius 3 is 2.14 bits per heavy atom. The zero-order chi connectivity index (χ0) is 20.3. The number of hydrogen-bond acceptors (Lipinski definition) is 7. The molecular formula is C20H20BrNO6. The van der Waals surface area contributed by atoms with E-state index in [1.165, 1.54) is 33.5 Å². The maximum absolute atomic E-state index is 12.5. The molecule has 0 heterocycles. The first-order chi connectivity index (χ1) is 13.5. The van der Waals surface area contributed by atoms with Gasteiger partial charge in [0, 0.05) is 10.0 Å². The van der Waals surface area contributed by atoms with Crippen LogP contribution in [-0.2, 0) is 11.3 Å². The van der Waals surface area contributed by atoms with Crippen molar-refractivity contribution in [3.8, 4) is 23.0 Å². The monoisotopic (exact) mass is 449 g/mol. The molecule has 1 aliphatic carbocycles. The number of hydrogen-bond donors (Lipinski definition) is 0. The second kappa shape index (κ2) is 8.52. The fourth-order valence-corrected chi connectivity index (χ4v) is 3.67. The van der Waals surface area contributed by atoms with Gasteiger partial charge < -0.3 is 23.8 Å². The normalized spacial score (nSPS) is 13.8. The van der Waals surface area contributed by atoms with Crippen molar-refractivity contribution in [2.45, 2.75) is 12.8 Å². The van der Waals surface area contributed by atoms with E-state index in [9.17, 15) is 4.79 Å². The summed E-state index contributed by atoms with van der Waals surface area (Å²) in [4.78, 5) is 17.8. The van der Waals surface area contributed by atoms with E-state index in [1.807, 2.05) is 12.1 Å². The highest BCUT2D eigenvalue weighted by atomic mass is 79.9. The summed E-state index contributed by atoms with van der Waals surface area (Å²) in [5.74, 6) is 1.18. The Bertz CT molecular complexity index is 916. The second-order valence-corrected chi connectivity index (χ2v) is 6.79. The molecular weight excluding hydrogens is 430 g/mol. The van der Waals surface area contributed by atoms with Gasteiger partial charge in [0.15, 0.2) is 11.5 Å². The van der Waals surface area contributed by atoms with Crippen LogP contribution in [0.4, 0.5) is 0 Å². The molecule has 0 aliphatic heterocycles. The minimum atomic E-state index is -0.630. The molecule has 0 N–H and O–H groups in total. The van der Waals surface area contributed by atoms with Crippen LogP contribution in [0.25, 0.3) is 0 Å². The van der Waals surface area contributed by atoms with Crippen molar-refractivity contribution in [2.75, 3.05) is 28.4 Å². The molecule has 28 heavy (non-hydrogen) atoms. The zero-order valence-electron chi connectivity index (χ0n) is 16.0. The number of carbonyl (C=O) groups is 1. The number of halogens is 1. The summed E-state index contributed by atoms with van der Waals surface area (Å²) in [5, 5.41) is 4.10. The van der Waals surface area contributed by atoms with Gasteiger partial charge in [0.05, 0.1) is 39.7 Å². The number of carbonyl (C=O) groups excluding carboxylic acids is 1. The molecule has 8 heteroatoms. The fourth-order valence-electron chi connectivity index (χ4n) is 3.14. The average Bonchev–Trinajstić information content (AvgIpc) is 3.16. The van der Waals surface area contributed by atoms with Crippen LogP contribution < -0.4 is 18.9 Å². The number of benzene rings is 2. The summed E-state index contributed by atoms with van der Waals surface area (Å²) in [6, 6.07) is 6.82. The number of rotatable bonds is 6. The van der Waals surface area contributed by atoms with Gasteiger partial charge in [0.25, 0.3) is 0 Å². The molecule has 0 aromatic heterocycles. The van der Waals surface area contributed by atoms with Crippen LogP contribution in [0.2, 0.25) is 0 Å². The van der Waals surface area contributed by atoms with E-state index in [0.29, 0.717) is 35.1 Å². The van der Waals surface area contributed by atoms with Gasteiger partial charge in [0.2, 0.25) is 5.75 Å². The molecule has 148 valence electrons. The number of oxime groups is 1. The number of ether oxygens (including phenoxy) is 4. The second-order valence-electron chi connectivity index (χ2n) is 5.93. The van der Waals surface area contributed by atoms with E-state index in [2.05, 4.69) is 21.1 Å². The van der Waals surface area contributed by atoms with E-state index < -0.39 is 5.97 Å². The molecule has 0 saturated carbocycles. The van der Waals surface area contributed by atoms with Crippen molar-refractivity contribution in [1.82, 2.24) is 0 Å². The lowest BCUT2D eigenvalue weighted by molar-refractivity contribution is 0.0515. The summed E-state index contributed by atoms with van der Waals surface area (Å²) in [6.45, 7) is 0. The highest BCUT2D eigenvalue weighted by molar-refractivity contribution is 9.10. The highest BCUT2D eigenvalue weighted by Gasteiger charge is 2.26. The maximum atomic E-state index is 12.5. The number of methoxy groups -OCH3 is 4. The molecule has 0 bridgehead atoms. The van der Waals surface area contributed by atoms with Gasteiger partial charge in [-0.1, -0.05) is 21.1 Å². The van der Waals surface area contributed by atoms with E-state index in [0.717, 1.165) is 22.0 Å². The molecule has 0 saturated heterocycles. The van der Waals surface area contributed by atoms with Gasteiger partial charge in [-0.3, -0.25) is 0 Å². The lowest BCUT2D eigenvalue weighted by Crippen LogP contribution is -2.06. The molecule has 0 unspecified atom stereocenters. The van der Waals surface area contributed by atoms with Crippen LogP contribution in [0.5, 0.6) is 23.0 Å². The zero-order valence-corrected chi connectivity index (χ0v) is 17.6. The standard InChI is InChI=1S/C20H20BrNO6/c1-24-15-8-6-13(21)12-5-7-14(18(12)15)22-28-20(23)11-9-16(25-2)19(27-4)17(10-11)26-3/h6,8-10H,5,7H2,1-4H3/b22-14-. The number of nitrogens with zero attached hydrogens (tertiary/aromatic N) is 1. The smallest absolute Gasteiger partial charge is 0.366 e. The molecule has 0 atom stereocenters. The van der Waals surface area contributed by atoms with Crippen LogP contribution in [-0.4, -0.2) is 40.1 Å². The Hall–Kier alpha value is -2.74. The van der Waals surface area contributed by atoms with Crippen molar-refractivity contribution in [3.63, 3.8) is 0 Å². The molecule has 2 aromatic carbocycles. The van der Waals surface area contributed by atoms with Crippen molar-refractivity contribution in [3.05, 3.63) is 45.4 Å². The van der Waals surface area contributed by atoms with Crippen molar-refractivity contribution >= 4 is 27.6 Å². The summed E-state index contributed by atoms with van der Waals surface area (Å²) >= 11 is 3.54. The largest absolute Gasteiger partial charge is 0.496 e. The van der Waals surface area contributed by atoms with Crippen molar-refractivity contribution in [2.24, 2.45) is 5.16 Å². The Labute approximate surface area is 171 Å². The summed E-state index contributed by atoms with van der Waals surface area (Å²) in [5.41, 5.74) is 2.84. The predicted molar refractivity (Wildman–Crippen MR) is 107 cm³/mol. The van der Waals surface area contributed by atoms with Crippen molar-refractivity contribution < 1.29 is 28.6 Å². The predicted octanol–water partition coefficient (Wildman–Crippen LogP) is 3.99. The third-order valence-electron chi connectivity index (χ3n) is 4.48. The van der Waals surface area contributed by atoms with Crippen molar-refractivity contribution in [1.29, 1.82) is 0 Å². The Kier molecular flexibility index (Phi) is 6.08. The van der Waals surface area contributed by atoms with Crippen LogP contribution in [0.1, 0.15) is 27.9 Å². The van der Waals surface area contributed by atoms with Crippen LogP contribution in [0.3, 0.4) is 0 Å². The van der Waals surface area contributed by atoms with Crippen LogP contribution in [0, 0.1) is 0 Å². The topological polar surface area (TPSA) is 75.6 Å². The summed E-state index contributed by atoms with van der Waals surface area (Å²) < 4.78 is 22.2. The minimum absolute atomic E-state index is 0.235. The Balaban J connectivity index is 1.90. The van der Waals surface area contributed by atoms with Gasteiger partial charge in [-0.05, 0) is 42.7 Å². The third kappa shape index (κ3) is 3.64. The molecule has 7 nitrogen and oxygen atoms in total. The maximum Gasteiger partial charge on any atom is 0.366 e. The Morgan fingerprint density at radius 2 is 1.57 bits per heavy atom. The van der Waals surface area contributed by atoms with Crippen LogP contribution in [0.15, 0.2) is 33.9 Å². The Morgan fingerprint density at radius 1 is 0.929 bits per heavy atom. The lowest BCUT2D eigenvalue weighted by Gasteiger charge is -2.13. The van der Waals surface area contributed by atoms with Gasteiger partial charge in [-0.15, -0.1) is 0 Å². The molecule has 1 aliphatic rings. The molecule has 0 fully saturated rings. The first-order valence-electron chi connectivity index (χ1n) is 8.48. The third-order valence-corrected chi connectivity index (χ3v) is 5.22. The highest BCUT2D eigenvalue weighted by Crippen LogP contribution is 2.39. The van der Waals surface area contributed by atoms with Gasteiger partial charge in [-0.2, -0.15) is 0 Å². The van der Waals surface area contributed by atoms with Crippen LogP contribution >= 0.6 is 15.9 Å². The first-order valence-corrected chi connectivity index (χ1v) is 9.27.